The molecule has 1 aromatic heterocycles. The smallest absolute Gasteiger partial charge is 0.464 e. The number of ether oxygens (including phenoxy) is 2. The molecule has 21 heavy (non-hydrogen) atoms. The summed E-state index contributed by atoms with van der Waals surface area (Å²) in [4.78, 5) is 15.0. The van der Waals surface area contributed by atoms with Gasteiger partial charge in [-0.25, -0.2) is 9.78 Å². The Hall–Kier alpha value is -1.88. The van der Waals surface area contributed by atoms with E-state index in [1.165, 1.54) is 0 Å². The predicted molar refractivity (Wildman–Crippen MR) is 59.9 cm³/mol. The molecule has 1 aliphatic heterocycles. The standard InChI is InChI=1S/C10H8F3NO6S/c1-18-9(15)5-2-3-6(8(14-5)7-4-19-7)20-21(16,17)10(11,12)13/h2-3,7H,4H2,1H3. The van der Waals surface area contributed by atoms with Crippen LogP contribution in [0.3, 0.4) is 0 Å². The van der Waals surface area contributed by atoms with Crippen molar-refractivity contribution in [3.05, 3.63) is 23.5 Å². The summed E-state index contributed by atoms with van der Waals surface area (Å²) in [5.74, 6) is -1.48. The summed E-state index contributed by atoms with van der Waals surface area (Å²) in [6.45, 7) is 0.125. The van der Waals surface area contributed by atoms with Crippen molar-refractivity contribution < 1.29 is 40.0 Å². The highest BCUT2D eigenvalue weighted by molar-refractivity contribution is 7.88. The molecule has 0 spiro atoms. The van der Waals surface area contributed by atoms with E-state index in [1.807, 2.05) is 0 Å². The lowest BCUT2D eigenvalue weighted by atomic mass is 10.2. The molecule has 0 bridgehead atoms. The minimum atomic E-state index is -5.83. The molecule has 1 fully saturated rings. The van der Waals surface area contributed by atoms with E-state index < -0.39 is 33.4 Å². The van der Waals surface area contributed by atoms with E-state index in [1.54, 1.807) is 0 Å². The molecule has 1 atom stereocenters. The van der Waals surface area contributed by atoms with Crippen molar-refractivity contribution in [2.24, 2.45) is 0 Å². The number of carbonyl (C=O) groups is 1. The molecule has 0 radical (unpaired) electrons. The molecule has 2 rings (SSSR count). The fourth-order valence-corrected chi connectivity index (χ4v) is 1.82. The first-order chi connectivity index (χ1) is 9.65. The monoisotopic (exact) mass is 327 g/mol. The second-order valence-corrected chi connectivity index (χ2v) is 5.41. The largest absolute Gasteiger partial charge is 0.534 e. The molecule has 7 nitrogen and oxygen atoms in total. The molecule has 1 aromatic rings. The number of epoxide rings is 1. The Bertz CT molecular complexity index is 668. The summed E-state index contributed by atoms with van der Waals surface area (Å²) in [7, 11) is -4.74. The molecule has 1 saturated heterocycles. The number of carbonyl (C=O) groups excluding carboxylic acids is 1. The number of esters is 1. The minimum absolute atomic E-state index is 0.125. The number of pyridine rings is 1. The average Bonchev–Trinajstić information content (AvgIpc) is 3.20. The number of aromatic nitrogens is 1. The normalized spacial score (nSPS) is 18.2. The number of halogens is 3. The van der Waals surface area contributed by atoms with Crippen molar-refractivity contribution >= 4 is 16.1 Å². The van der Waals surface area contributed by atoms with Gasteiger partial charge in [0, 0.05) is 0 Å². The molecular formula is C10H8F3NO6S. The molecule has 1 aliphatic rings. The van der Waals surface area contributed by atoms with Crippen molar-refractivity contribution in [3.8, 4) is 5.75 Å². The minimum Gasteiger partial charge on any atom is -0.464 e. The molecule has 0 N–H and O–H groups in total. The SMILES string of the molecule is COC(=O)c1ccc(OS(=O)(=O)C(F)(F)F)c(C2CO2)n1. The average molecular weight is 327 g/mol. The van der Waals surface area contributed by atoms with E-state index in [0.29, 0.717) is 0 Å². The summed E-state index contributed by atoms with van der Waals surface area (Å²) in [6.07, 6.45) is -0.729. The lowest BCUT2D eigenvalue weighted by molar-refractivity contribution is -0.0500. The zero-order valence-corrected chi connectivity index (χ0v) is 11.2. The summed E-state index contributed by atoms with van der Waals surface area (Å²) in [6, 6.07) is 1.87. The van der Waals surface area contributed by atoms with Gasteiger partial charge in [-0.3, -0.25) is 0 Å². The summed E-state index contributed by atoms with van der Waals surface area (Å²) < 4.78 is 72.1. The van der Waals surface area contributed by atoms with Crippen molar-refractivity contribution in [1.82, 2.24) is 4.98 Å². The van der Waals surface area contributed by atoms with Crippen molar-refractivity contribution in [3.63, 3.8) is 0 Å². The molecule has 0 amide bonds. The molecule has 2 heterocycles. The van der Waals surface area contributed by atoms with Crippen LogP contribution < -0.4 is 4.18 Å². The highest BCUT2D eigenvalue weighted by atomic mass is 32.2. The number of rotatable bonds is 4. The van der Waals surface area contributed by atoms with Gasteiger partial charge < -0.3 is 13.7 Å². The summed E-state index contributed by atoms with van der Waals surface area (Å²) in [5, 5.41) is 0. The summed E-state index contributed by atoms with van der Waals surface area (Å²) >= 11 is 0. The number of hydrogen-bond donors (Lipinski definition) is 0. The molecule has 0 aliphatic carbocycles. The highest BCUT2D eigenvalue weighted by Crippen LogP contribution is 2.37. The third-order valence-corrected chi connectivity index (χ3v) is 3.37. The lowest BCUT2D eigenvalue weighted by Gasteiger charge is -2.12. The van der Waals surface area contributed by atoms with Crippen LogP contribution in [-0.4, -0.2) is 38.6 Å². The first-order valence-corrected chi connectivity index (χ1v) is 6.78. The Kier molecular flexibility index (Phi) is 3.80. The van der Waals surface area contributed by atoms with Crippen molar-refractivity contribution in [2.75, 3.05) is 13.7 Å². The van der Waals surface area contributed by atoms with Gasteiger partial charge in [0.25, 0.3) is 0 Å². The first kappa shape index (κ1) is 15.5. The van der Waals surface area contributed by atoms with Gasteiger partial charge in [-0.2, -0.15) is 21.6 Å². The van der Waals surface area contributed by atoms with Gasteiger partial charge in [-0.1, -0.05) is 0 Å². The van der Waals surface area contributed by atoms with Gasteiger partial charge in [0.2, 0.25) is 0 Å². The third-order valence-electron chi connectivity index (χ3n) is 2.40. The Morgan fingerprint density at radius 2 is 2.05 bits per heavy atom. The van der Waals surface area contributed by atoms with Crippen LogP contribution in [0.2, 0.25) is 0 Å². The van der Waals surface area contributed by atoms with E-state index in [9.17, 15) is 26.4 Å². The van der Waals surface area contributed by atoms with E-state index in [0.717, 1.165) is 19.2 Å². The molecule has 0 saturated carbocycles. The van der Waals surface area contributed by atoms with E-state index in [-0.39, 0.29) is 18.0 Å². The van der Waals surface area contributed by atoms with Crippen molar-refractivity contribution in [2.45, 2.75) is 11.6 Å². The second kappa shape index (κ2) is 5.15. The molecular weight excluding hydrogens is 319 g/mol. The van der Waals surface area contributed by atoms with Crippen LogP contribution in [0.5, 0.6) is 5.75 Å². The number of nitrogens with zero attached hydrogens (tertiary/aromatic N) is 1. The maximum absolute atomic E-state index is 12.3. The van der Waals surface area contributed by atoms with E-state index in [2.05, 4.69) is 13.9 Å². The van der Waals surface area contributed by atoms with Crippen LogP contribution in [0.25, 0.3) is 0 Å². The van der Waals surface area contributed by atoms with E-state index in [4.69, 9.17) is 4.74 Å². The van der Waals surface area contributed by atoms with Gasteiger partial charge in [-0.05, 0) is 12.1 Å². The quantitative estimate of drug-likeness (QED) is 0.354. The number of methoxy groups -OCH3 is 1. The van der Waals surface area contributed by atoms with Gasteiger partial charge in [-0.15, -0.1) is 0 Å². The predicted octanol–water partition coefficient (Wildman–Crippen LogP) is 1.17. The summed E-state index contributed by atoms with van der Waals surface area (Å²) in [5.41, 5.74) is -6.00. The molecule has 0 aromatic carbocycles. The molecule has 116 valence electrons. The third kappa shape index (κ3) is 3.24. The second-order valence-electron chi connectivity index (χ2n) is 3.88. The zero-order valence-electron chi connectivity index (χ0n) is 10.4. The Balaban J connectivity index is 2.39. The Morgan fingerprint density at radius 1 is 1.43 bits per heavy atom. The zero-order chi connectivity index (χ0) is 15.8. The first-order valence-electron chi connectivity index (χ1n) is 5.37. The van der Waals surface area contributed by atoms with Gasteiger partial charge in [0.05, 0.1) is 13.7 Å². The Labute approximate surface area is 116 Å². The number of hydrogen-bond acceptors (Lipinski definition) is 7. The fraction of sp³-hybridized carbons (Fsp3) is 0.400. The van der Waals surface area contributed by atoms with Crippen LogP contribution in [0.15, 0.2) is 12.1 Å². The van der Waals surface area contributed by atoms with E-state index >= 15 is 0 Å². The van der Waals surface area contributed by atoms with Crippen LogP contribution in [0.4, 0.5) is 13.2 Å². The van der Waals surface area contributed by atoms with Crippen molar-refractivity contribution in [1.29, 1.82) is 0 Å². The maximum atomic E-state index is 12.3. The molecule has 1 unspecified atom stereocenters. The highest BCUT2D eigenvalue weighted by Gasteiger charge is 2.49. The van der Waals surface area contributed by atoms with Crippen LogP contribution in [-0.2, 0) is 19.6 Å². The fourth-order valence-electron chi connectivity index (χ4n) is 1.35. The maximum Gasteiger partial charge on any atom is 0.534 e. The van der Waals surface area contributed by atoms with Crippen LogP contribution in [0.1, 0.15) is 22.3 Å². The van der Waals surface area contributed by atoms with Gasteiger partial charge in [0.15, 0.2) is 5.75 Å². The van der Waals surface area contributed by atoms with Gasteiger partial charge in [0.1, 0.15) is 17.5 Å². The van der Waals surface area contributed by atoms with Crippen LogP contribution in [0, 0.1) is 0 Å². The van der Waals surface area contributed by atoms with Gasteiger partial charge >= 0.3 is 21.6 Å². The Morgan fingerprint density at radius 3 is 2.52 bits per heavy atom. The number of alkyl halides is 3. The topological polar surface area (TPSA) is 95.1 Å². The van der Waals surface area contributed by atoms with Crippen LogP contribution >= 0.6 is 0 Å². The lowest BCUT2D eigenvalue weighted by Crippen LogP contribution is -2.28. The molecule has 11 heteroatoms.